The average Bonchev–Trinajstić information content (AvgIpc) is 2.43. The number of rotatable bonds is 5. The van der Waals surface area contributed by atoms with E-state index in [0.29, 0.717) is 10.0 Å². The molecule has 1 unspecified atom stereocenters. The SMILES string of the molecule is CCNC(c1cc(Cl)cc(Cl)c1)c1cc(Br)ccc1OC. The van der Waals surface area contributed by atoms with Crippen LogP contribution in [0.5, 0.6) is 5.75 Å². The van der Waals surface area contributed by atoms with Gasteiger partial charge in [-0.05, 0) is 48.5 Å². The van der Waals surface area contributed by atoms with Gasteiger partial charge in [0.05, 0.1) is 13.2 Å². The monoisotopic (exact) mass is 387 g/mol. The number of hydrogen-bond donors (Lipinski definition) is 1. The van der Waals surface area contributed by atoms with Crippen molar-refractivity contribution < 1.29 is 4.74 Å². The molecule has 0 bridgehead atoms. The Balaban J connectivity index is 2.55. The van der Waals surface area contributed by atoms with Crippen molar-refractivity contribution in [1.82, 2.24) is 5.32 Å². The van der Waals surface area contributed by atoms with Gasteiger partial charge in [-0.3, -0.25) is 0 Å². The summed E-state index contributed by atoms with van der Waals surface area (Å²) in [5, 5.41) is 4.69. The van der Waals surface area contributed by atoms with E-state index < -0.39 is 0 Å². The first-order valence-electron chi connectivity index (χ1n) is 6.58. The normalized spacial score (nSPS) is 12.2. The summed E-state index contributed by atoms with van der Waals surface area (Å²) >= 11 is 15.8. The summed E-state index contributed by atoms with van der Waals surface area (Å²) < 4.78 is 6.48. The van der Waals surface area contributed by atoms with Crippen molar-refractivity contribution >= 4 is 39.1 Å². The first-order valence-corrected chi connectivity index (χ1v) is 8.13. The molecule has 0 aromatic heterocycles. The molecule has 0 radical (unpaired) electrons. The second kappa shape index (κ2) is 7.50. The van der Waals surface area contributed by atoms with Crippen LogP contribution >= 0.6 is 39.1 Å². The van der Waals surface area contributed by atoms with E-state index in [2.05, 4.69) is 28.2 Å². The molecular weight excluding hydrogens is 373 g/mol. The highest BCUT2D eigenvalue weighted by atomic mass is 79.9. The number of ether oxygens (including phenoxy) is 1. The van der Waals surface area contributed by atoms with E-state index in [1.54, 1.807) is 13.2 Å². The highest BCUT2D eigenvalue weighted by Crippen LogP contribution is 2.34. The minimum atomic E-state index is -0.0429. The summed E-state index contributed by atoms with van der Waals surface area (Å²) in [5.74, 6) is 0.820. The van der Waals surface area contributed by atoms with E-state index in [1.807, 2.05) is 30.3 Å². The summed E-state index contributed by atoms with van der Waals surface area (Å²) in [6.45, 7) is 2.87. The Morgan fingerprint density at radius 3 is 2.38 bits per heavy atom. The Hall–Kier alpha value is -0.740. The van der Waals surface area contributed by atoms with E-state index in [4.69, 9.17) is 27.9 Å². The molecule has 21 heavy (non-hydrogen) atoms. The number of hydrogen-bond acceptors (Lipinski definition) is 2. The molecule has 0 spiro atoms. The molecule has 0 aliphatic heterocycles. The lowest BCUT2D eigenvalue weighted by Crippen LogP contribution is -2.22. The van der Waals surface area contributed by atoms with Crippen molar-refractivity contribution in [1.29, 1.82) is 0 Å². The summed E-state index contributed by atoms with van der Waals surface area (Å²) in [4.78, 5) is 0. The van der Waals surface area contributed by atoms with Crippen LogP contribution in [0.4, 0.5) is 0 Å². The van der Waals surface area contributed by atoms with E-state index in [9.17, 15) is 0 Å². The number of halogens is 3. The van der Waals surface area contributed by atoms with Crippen molar-refractivity contribution in [3.05, 3.63) is 62.0 Å². The molecule has 2 nitrogen and oxygen atoms in total. The molecule has 1 N–H and O–H groups in total. The zero-order chi connectivity index (χ0) is 15.4. The maximum atomic E-state index is 6.13. The van der Waals surface area contributed by atoms with Gasteiger partial charge in [-0.2, -0.15) is 0 Å². The highest BCUT2D eigenvalue weighted by molar-refractivity contribution is 9.10. The van der Waals surface area contributed by atoms with Crippen LogP contribution in [-0.4, -0.2) is 13.7 Å². The van der Waals surface area contributed by atoms with Crippen LogP contribution in [0.2, 0.25) is 10.0 Å². The van der Waals surface area contributed by atoms with Crippen molar-refractivity contribution in [3.8, 4) is 5.75 Å². The van der Waals surface area contributed by atoms with Gasteiger partial charge in [-0.15, -0.1) is 0 Å². The third-order valence-electron chi connectivity index (χ3n) is 3.13. The Labute approximate surface area is 143 Å². The van der Waals surface area contributed by atoms with Gasteiger partial charge in [0.15, 0.2) is 0 Å². The maximum absolute atomic E-state index is 6.13. The van der Waals surface area contributed by atoms with E-state index in [-0.39, 0.29) is 6.04 Å². The molecule has 2 rings (SSSR count). The van der Waals surface area contributed by atoms with Crippen LogP contribution in [0.1, 0.15) is 24.1 Å². The predicted octanol–water partition coefficient (Wildman–Crippen LogP) is 5.46. The molecule has 0 aliphatic rings. The third kappa shape index (κ3) is 4.13. The zero-order valence-corrected chi connectivity index (χ0v) is 14.9. The fourth-order valence-corrected chi connectivity index (χ4v) is 3.21. The molecule has 0 fully saturated rings. The molecule has 2 aromatic carbocycles. The summed E-state index contributed by atoms with van der Waals surface area (Å²) in [6, 6.07) is 11.5. The Bertz CT molecular complexity index is 613. The Morgan fingerprint density at radius 1 is 1.14 bits per heavy atom. The zero-order valence-electron chi connectivity index (χ0n) is 11.8. The topological polar surface area (TPSA) is 21.3 Å². The lowest BCUT2D eigenvalue weighted by atomic mass is 9.97. The Morgan fingerprint density at radius 2 is 1.81 bits per heavy atom. The van der Waals surface area contributed by atoms with Crippen LogP contribution in [0.3, 0.4) is 0 Å². The van der Waals surface area contributed by atoms with Crippen LogP contribution < -0.4 is 10.1 Å². The molecule has 2 aromatic rings. The van der Waals surface area contributed by atoms with Gasteiger partial charge in [0.1, 0.15) is 5.75 Å². The molecule has 1 atom stereocenters. The fourth-order valence-electron chi connectivity index (χ4n) is 2.28. The van der Waals surface area contributed by atoms with Gasteiger partial charge in [-0.1, -0.05) is 46.1 Å². The van der Waals surface area contributed by atoms with Crippen molar-refractivity contribution in [2.24, 2.45) is 0 Å². The van der Waals surface area contributed by atoms with Gasteiger partial charge >= 0.3 is 0 Å². The lowest BCUT2D eigenvalue weighted by Gasteiger charge is -2.22. The molecule has 0 heterocycles. The smallest absolute Gasteiger partial charge is 0.124 e. The fraction of sp³-hybridized carbons (Fsp3) is 0.250. The Kier molecular flexibility index (Phi) is 5.94. The van der Waals surface area contributed by atoms with Gasteiger partial charge in [0.2, 0.25) is 0 Å². The summed E-state index contributed by atoms with van der Waals surface area (Å²) in [6.07, 6.45) is 0. The quantitative estimate of drug-likeness (QED) is 0.733. The minimum Gasteiger partial charge on any atom is -0.496 e. The number of benzene rings is 2. The summed E-state index contributed by atoms with van der Waals surface area (Å²) in [5.41, 5.74) is 2.04. The van der Waals surface area contributed by atoms with E-state index in [0.717, 1.165) is 27.9 Å². The van der Waals surface area contributed by atoms with Gasteiger partial charge in [0.25, 0.3) is 0 Å². The van der Waals surface area contributed by atoms with Crippen LogP contribution in [0, 0.1) is 0 Å². The molecule has 0 saturated heterocycles. The second-order valence-corrected chi connectivity index (χ2v) is 6.37. The van der Waals surface area contributed by atoms with Crippen molar-refractivity contribution in [2.75, 3.05) is 13.7 Å². The number of nitrogens with one attached hydrogen (secondary N) is 1. The summed E-state index contributed by atoms with van der Waals surface area (Å²) in [7, 11) is 1.67. The van der Waals surface area contributed by atoms with Gasteiger partial charge in [-0.25, -0.2) is 0 Å². The van der Waals surface area contributed by atoms with Crippen molar-refractivity contribution in [3.63, 3.8) is 0 Å². The van der Waals surface area contributed by atoms with Gasteiger partial charge < -0.3 is 10.1 Å². The highest BCUT2D eigenvalue weighted by Gasteiger charge is 2.18. The third-order valence-corrected chi connectivity index (χ3v) is 4.06. The lowest BCUT2D eigenvalue weighted by molar-refractivity contribution is 0.404. The average molecular weight is 389 g/mol. The van der Waals surface area contributed by atoms with E-state index >= 15 is 0 Å². The maximum Gasteiger partial charge on any atom is 0.124 e. The van der Waals surface area contributed by atoms with Crippen LogP contribution in [0.15, 0.2) is 40.9 Å². The first kappa shape index (κ1) is 16.6. The molecule has 112 valence electrons. The van der Waals surface area contributed by atoms with Crippen LogP contribution in [-0.2, 0) is 0 Å². The largest absolute Gasteiger partial charge is 0.496 e. The van der Waals surface area contributed by atoms with Crippen molar-refractivity contribution in [2.45, 2.75) is 13.0 Å². The molecular formula is C16H16BrCl2NO. The predicted molar refractivity (Wildman–Crippen MR) is 92.7 cm³/mol. The van der Waals surface area contributed by atoms with E-state index in [1.165, 1.54) is 0 Å². The van der Waals surface area contributed by atoms with Gasteiger partial charge in [0, 0.05) is 20.1 Å². The first-order chi connectivity index (χ1) is 10.0. The molecule has 0 aliphatic carbocycles. The molecule has 0 saturated carbocycles. The number of methoxy groups -OCH3 is 1. The molecule has 5 heteroatoms. The molecule has 0 amide bonds. The minimum absolute atomic E-state index is 0.0429. The van der Waals surface area contributed by atoms with Crippen LogP contribution in [0.25, 0.3) is 0 Å². The second-order valence-electron chi connectivity index (χ2n) is 4.58. The standard InChI is InChI=1S/C16H16BrCl2NO/c1-3-20-16(10-6-12(18)9-13(19)7-10)14-8-11(17)4-5-15(14)21-2/h4-9,16,20H,3H2,1-2H3.